The molecule has 0 bridgehead atoms. The quantitative estimate of drug-likeness (QED) is 0.794. The van der Waals surface area contributed by atoms with Gasteiger partial charge in [0.25, 0.3) is 5.91 Å². The van der Waals surface area contributed by atoms with Crippen molar-refractivity contribution in [3.63, 3.8) is 0 Å². The number of anilines is 1. The van der Waals surface area contributed by atoms with E-state index >= 15 is 0 Å². The third-order valence-corrected chi connectivity index (χ3v) is 5.33. The molecule has 0 spiro atoms. The van der Waals surface area contributed by atoms with E-state index in [9.17, 15) is 4.79 Å². The fourth-order valence-electron chi connectivity index (χ4n) is 3.97. The number of rotatable bonds is 3. The number of benzene rings is 2. The maximum atomic E-state index is 13.3. The van der Waals surface area contributed by atoms with Crippen LogP contribution >= 0.6 is 0 Å². The van der Waals surface area contributed by atoms with Gasteiger partial charge in [-0.3, -0.25) is 9.63 Å². The Bertz CT molecular complexity index is 851. The van der Waals surface area contributed by atoms with Crippen molar-refractivity contribution in [1.82, 2.24) is 5.06 Å². The molecule has 2 aromatic rings. The molecule has 5 heteroatoms. The van der Waals surface area contributed by atoms with Crippen LogP contribution < -0.4 is 9.64 Å². The molecule has 1 unspecified atom stereocenters. The van der Waals surface area contributed by atoms with Crippen molar-refractivity contribution in [2.75, 3.05) is 19.1 Å². The number of hydroxylamine groups is 2. The van der Waals surface area contributed by atoms with Gasteiger partial charge in [0.1, 0.15) is 11.7 Å². The number of allylic oxidation sites excluding steroid dienone is 1. The predicted octanol–water partition coefficient (Wildman–Crippen LogP) is 3.55. The summed E-state index contributed by atoms with van der Waals surface area (Å²) in [5.41, 5.74) is 1.21. The lowest BCUT2D eigenvalue weighted by atomic mass is 9.76. The first-order valence-electron chi connectivity index (χ1n) is 8.68. The standard InChI is InChI=1S/C21H22N2O3/c1-21-19(20(24)22(2)25-3)16(15-9-5-4-6-10-15)13-14-23(21)17-11-7-8-12-18(17)26-21/h4-14,16,19H,1-3H3/t16-,19?,21+/m0/s1. The number of amides is 1. The third kappa shape index (κ3) is 2.39. The van der Waals surface area contributed by atoms with Gasteiger partial charge < -0.3 is 9.64 Å². The highest BCUT2D eigenvalue weighted by atomic mass is 16.7. The van der Waals surface area contributed by atoms with E-state index in [0.717, 1.165) is 17.0 Å². The number of carbonyl (C=O) groups excluding carboxylic acids is 1. The fraction of sp³-hybridized carbons (Fsp3) is 0.286. The number of carbonyl (C=O) groups is 1. The molecule has 0 saturated carbocycles. The zero-order chi connectivity index (χ0) is 18.3. The monoisotopic (exact) mass is 350 g/mol. The maximum absolute atomic E-state index is 13.3. The van der Waals surface area contributed by atoms with Crippen molar-refractivity contribution in [3.8, 4) is 5.75 Å². The summed E-state index contributed by atoms with van der Waals surface area (Å²) in [6.45, 7) is 1.97. The van der Waals surface area contributed by atoms with E-state index in [2.05, 4.69) is 6.08 Å². The second kappa shape index (κ2) is 6.18. The van der Waals surface area contributed by atoms with E-state index in [1.165, 1.54) is 12.2 Å². The van der Waals surface area contributed by atoms with Gasteiger partial charge in [0.2, 0.25) is 0 Å². The fourth-order valence-corrected chi connectivity index (χ4v) is 3.97. The van der Waals surface area contributed by atoms with E-state index in [1.807, 2.05) is 72.6 Å². The minimum atomic E-state index is -0.831. The van der Waals surface area contributed by atoms with Crippen LogP contribution in [-0.2, 0) is 9.63 Å². The summed E-state index contributed by atoms with van der Waals surface area (Å²) >= 11 is 0. The molecule has 0 radical (unpaired) electrons. The van der Waals surface area contributed by atoms with Crippen LogP contribution in [-0.4, -0.2) is 30.9 Å². The smallest absolute Gasteiger partial charge is 0.255 e. The largest absolute Gasteiger partial charge is 0.465 e. The van der Waals surface area contributed by atoms with Crippen molar-refractivity contribution >= 4 is 11.6 Å². The molecular formula is C21H22N2O3. The van der Waals surface area contributed by atoms with Crippen LogP contribution in [0.15, 0.2) is 66.9 Å². The van der Waals surface area contributed by atoms with Gasteiger partial charge in [0.05, 0.1) is 12.8 Å². The van der Waals surface area contributed by atoms with Gasteiger partial charge in [-0.05, 0) is 24.6 Å². The molecule has 26 heavy (non-hydrogen) atoms. The Labute approximate surface area is 153 Å². The molecule has 2 aliphatic rings. The highest BCUT2D eigenvalue weighted by Gasteiger charge is 2.56. The van der Waals surface area contributed by atoms with Crippen molar-refractivity contribution in [2.24, 2.45) is 5.92 Å². The Morgan fingerprint density at radius 3 is 2.58 bits per heavy atom. The molecular weight excluding hydrogens is 328 g/mol. The lowest BCUT2D eigenvalue weighted by Crippen LogP contribution is -2.59. The molecule has 0 aliphatic carbocycles. The van der Waals surface area contributed by atoms with Crippen LogP contribution in [0.3, 0.4) is 0 Å². The molecule has 0 saturated heterocycles. The minimum Gasteiger partial charge on any atom is -0.465 e. The average molecular weight is 350 g/mol. The molecule has 3 atom stereocenters. The number of hydrogen-bond acceptors (Lipinski definition) is 4. The number of para-hydroxylation sites is 2. The zero-order valence-corrected chi connectivity index (χ0v) is 15.1. The number of fused-ring (bicyclic) bond motifs is 3. The van der Waals surface area contributed by atoms with Gasteiger partial charge in [-0.2, -0.15) is 0 Å². The van der Waals surface area contributed by atoms with E-state index < -0.39 is 11.6 Å². The molecule has 0 aromatic heterocycles. The van der Waals surface area contributed by atoms with Crippen molar-refractivity contribution in [2.45, 2.75) is 18.6 Å². The van der Waals surface area contributed by atoms with Gasteiger partial charge in [-0.25, -0.2) is 5.06 Å². The molecule has 1 amide bonds. The SMILES string of the molecule is CON(C)C(=O)C1[C@H](c2ccccc2)C=CN2c3ccccc3O[C@]12C. The van der Waals surface area contributed by atoms with E-state index in [4.69, 9.17) is 9.57 Å². The molecule has 134 valence electrons. The van der Waals surface area contributed by atoms with Crippen LogP contribution in [0.2, 0.25) is 0 Å². The Morgan fingerprint density at radius 2 is 1.85 bits per heavy atom. The number of nitrogens with zero attached hydrogens (tertiary/aromatic N) is 2. The minimum absolute atomic E-state index is 0.114. The highest BCUT2D eigenvalue weighted by molar-refractivity contribution is 5.83. The molecule has 2 aliphatic heterocycles. The summed E-state index contributed by atoms with van der Waals surface area (Å²) < 4.78 is 6.35. The highest BCUT2D eigenvalue weighted by Crippen LogP contribution is 2.52. The van der Waals surface area contributed by atoms with Gasteiger partial charge in [0.15, 0.2) is 5.72 Å². The lowest BCUT2D eigenvalue weighted by molar-refractivity contribution is -0.180. The predicted molar refractivity (Wildman–Crippen MR) is 99.5 cm³/mol. The Kier molecular flexibility index (Phi) is 3.96. The van der Waals surface area contributed by atoms with E-state index in [0.29, 0.717) is 0 Å². The summed E-state index contributed by atoms with van der Waals surface area (Å²) in [5, 5.41) is 1.29. The van der Waals surface area contributed by atoms with Gasteiger partial charge in [-0.1, -0.05) is 48.5 Å². The molecule has 5 nitrogen and oxygen atoms in total. The van der Waals surface area contributed by atoms with Crippen LogP contribution in [0.25, 0.3) is 0 Å². The second-order valence-corrected chi connectivity index (χ2v) is 6.77. The Balaban J connectivity index is 1.84. The summed E-state index contributed by atoms with van der Waals surface area (Å²) in [6, 6.07) is 17.9. The van der Waals surface area contributed by atoms with Crippen LogP contribution in [0.5, 0.6) is 5.75 Å². The summed E-state index contributed by atoms with van der Waals surface area (Å²) in [6.07, 6.45) is 4.11. The zero-order valence-electron chi connectivity index (χ0n) is 15.1. The normalized spacial score (nSPS) is 26.0. The number of ether oxygens (including phenoxy) is 1. The van der Waals surface area contributed by atoms with Crippen molar-refractivity contribution in [3.05, 3.63) is 72.4 Å². The van der Waals surface area contributed by atoms with E-state index in [-0.39, 0.29) is 11.8 Å². The first kappa shape index (κ1) is 16.7. The molecule has 0 fully saturated rings. The number of hydrogen-bond donors (Lipinski definition) is 0. The first-order chi connectivity index (χ1) is 12.6. The van der Waals surface area contributed by atoms with Gasteiger partial charge >= 0.3 is 0 Å². The van der Waals surface area contributed by atoms with E-state index in [1.54, 1.807) is 7.05 Å². The molecule has 0 N–H and O–H groups in total. The second-order valence-electron chi connectivity index (χ2n) is 6.77. The van der Waals surface area contributed by atoms with Crippen LogP contribution in [0.4, 0.5) is 5.69 Å². The lowest BCUT2D eigenvalue weighted by Gasteiger charge is -2.45. The Hall–Kier alpha value is -2.79. The molecule has 4 rings (SSSR count). The molecule has 2 aromatic carbocycles. The maximum Gasteiger partial charge on any atom is 0.255 e. The van der Waals surface area contributed by atoms with Gasteiger partial charge in [0, 0.05) is 19.2 Å². The summed E-state index contributed by atoms with van der Waals surface area (Å²) in [7, 11) is 3.14. The van der Waals surface area contributed by atoms with Crippen molar-refractivity contribution < 1.29 is 14.4 Å². The van der Waals surface area contributed by atoms with Crippen molar-refractivity contribution in [1.29, 1.82) is 0 Å². The topological polar surface area (TPSA) is 42.0 Å². The molecule has 2 heterocycles. The van der Waals surface area contributed by atoms with Crippen LogP contribution in [0, 0.1) is 5.92 Å². The van der Waals surface area contributed by atoms with Crippen LogP contribution in [0.1, 0.15) is 18.4 Å². The van der Waals surface area contributed by atoms with Gasteiger partial charge in [-0.15, -0.1) is 0 Å². The summed E-state index contributed by atoms with van der Waals surface area (Å²) in [4.78, 5) is 20.5. The Morgan fingerprint density at radius 1 is 1.15 bits per heavy atom. The average Bonchev–Trinajstić information content (AvgIpc) is 2.98. The summed E-state index contributed by atoms with van der Waals surface area (Å²) in [5.74, 6) is 0.0846. The first-order valence-corrected chi connectivity index (χ1v) is 8.68. The third-order valence-electron chi connectivity index (χ3n) is 5.33.